The molecule has 0 aliphatic heterocycles. The van der Waals surface area contributed by atoms with Crippen LogP contribution < -0.4 is 9.47 Å². The number of carbonyl (C=O) groups excluding carboxylic acids is 3. The fourth-order valence-electron chi connectivity index (χ4n) is 5.24. The Morgan fingerprint density at radius 3 is 1.59 bits per heavy atom. The van der Waals surface area contributed by atoms with Crippen LogP contribution in [0.1, 0.15) is 92.4 Å². The molecule has 18 heteroatoms. The highest BCUT2D eigenvalue weighted by atomic mass is 19.4. The molecule has 0 N–H and O–H groups in total. The molecule has 0 heterocycles. The lowest BCUT2D eigenvalue weighted by Gasteiger charge is -2.36. The van der Waals surface area contributed by atoms with Gasteiger partial charge in [-0.2, -0.15) is 48.3 Å². The molecule has 0 bridgehead atoms. The Bertz CT molecular complexity index is 1780. The largest absolute Gasteiger partial charge is 0.494 e. The van der Waals surface area contributed by atoms with Gasteiger partial charge in [0, 0.05) is 0 Å². The SMILES string of the molecule is CCCCCC[C@H](C)OC(=O)c1ccc(OC(=O)c2ccc(-c3ccc(OCCCCCCOC(=O)C(F)(F)C(F)(F)C(F)(F)C(F)(F)C(F)(F)F)cc3)cc2)cc1. The van der Waals surface area contributed by atoms with E-state index in [0.717, 1.165) is 43.2 Å². The number of ether oxygens (including phenoxy) is 4. The van der Waals surface area contributed by atoms with Crippen molar-refractivity contribution in [1.29, 1.82) is 0 Å². The number of hydrogen-bond donors (Lipinski definition) is 0. The molecule has 7 nitrogen and oxygen atoms in total. The quantitative estimate of drug-likeness (QED) is 0.0431. The van der Waals surface area contributed by atoms with Crippen LogP contribution in [0, 0.1) is 0 Å². The maximum absolute atomic E-state index is 13.7. The fourth-order valence-corrected chi connectivity index (χ4v) is 5.24. The maximum atomic E-state index is 13.7. The number of halogens is 11. The predicted molar refractivity (Wildman–Crippen MR) is 188 cm³/mol. The summed E-state index contributed by atoms with van der Waals surface area (Å²) in [4.78, 5) is 36.5. The standard InChI is InChI=1S/C40H41F11O7/c1-3-4-5-8-11-26(2)57-33(52)30-18-22-32(23-19-30)58-34(53)29-14-12-27(13-15-29)28-16-20-31(21-17-28)55-24-9-6-7-10-25-56-35(54)36(41,42)37(43,44)38(45,46)39(47,48)40(49,50)51/h12-23,26H,3-11,24-25H2,1-2H3/t26-/m0/s1. The highest BCUT2D eigenvalue weighted by Gasteiger charge is 2.89. The van der Waals surface area contributed by atoms with Crippen LogP contribution in [0.3, 0.4) is 0 Å². The predicted octanol–water partition coefficient (Wildman–Crippen LogP) is 11.7. The van der Waals surface area contributed by atoms with E-state index in [-0.39, 0.29) is 36.9 Å². The number of carbonyl (C=O) groups is 3. The molecule has 320 valence electrons. The van der Waals surface area contributed by atoms with Crippen LogP contribution >= 0.6 is 0 Å². The van der Waals surface area contributed by atoms with Crippen LogP contribution in [0.2, 0.25) is 0 Å². The molecule has 0 radical (unpaired) electrons. The second-order valence-corrected chi connectivity index (χ2v) is 13.3. The van der Waals surface area contributed by atoms with Crippen molar-refractivity contribution in [2.45, 2.75) is 108 Å². The lowest BCUT2D eigenvalue weighted by atomic mass is 9.98. The molecule has 0 fully saturated rings. The molecule has 1 atom stereocenters. The summed E-state index contributed by atoms with van der Waals surface area (Å²) in [6.07, 6.45) is -1.94. The Morgan fingerprint density at radius 1 is 0.552 bits per heavy atom. The average molecular weight is 843 g/mol. The van der Waals surface area contributed by atoms with Gasteiger partial charge in [0.1, 0.15) is 11.5 Å². The molecule has 0 aliphatic rings. The highest BCUT2D eigenvalue weighted by molar-refractivity contribution is 5.92. The van der Waals surface area contributed by atoms with E-state index in [4.69, 9.17) is 14.2 Å². The van der Waals surface area contributed by atoms with E-state index in [1.807, 2.05) is 6.92 Å². The minimum Gasteiger partial charge on any atom is -0.494 e. The minimum absolute atomic E-state index is 0.116. The summed E-state index contributed by atoms with van der Waals surface area (Å²) in [7, 11) is 0. The third kappa shape index (κ3) is 11.8. The van der Waals surface area contributed by atoms with Crippen molar-refractivity contribution >= 4 is 17.9 Å². The average Bonchev–Trinajstić information content (AvgIpc) is 3.17. The van der Waals surface area contributed by atoms with Crippen LogP contribution in [0.15, 0.2) is 72.8 Å². The molecule has 0 aromatic heterocycles. The van der Waals surface area contributed by atoms with Crippen molar-refractivity contribution in [2.75, 3.05) is 13.2 Å². The van der Waals surface area contributed by atoms with Gasteiger partial charge in [0.05, 0.1) is 30.4 Å². The van der Waals surface area contributed by atoms with E-state index < -0.39 is 54.4 Å². The van der Waals surface area contributed by atoms with Crippen molar-refractivity contribution < 1.29 is 81.6 Å². The van der Waals surface area contributed by atoms with E-state index in [1.54, 1.807) is 48.5 Å². The van der Waals surface area contributed by atoms with Crippen LogP contribution in [-0.2, 0) is 14.3 Å². The second-order valence-electron chi connectivity index (χ2n) is 13.3. The van der Waals surface area contributed by atoms with Crippen LogP contribution in [0.4, 0.5) is 48.3 Å². The Hall–Kier alpha value is -4.90. The Morgan fingerprint density at radius 2 is 1.03 bits per heavy atom. The van der Waals surface area contributed by atoms with Crippen LogP contribution in [0.5, 0.6) is 11.5 Å². The Kier molecular flexibility index (Phi) is 16.5. The van der Waals surface area contributed by atoms with Crippen LogP contribution in [0.25, 0.3) is 11.1 Å². The first kappa shape index (κ1) is 47.5. The number of alkyl halides is 11. The summed E-state index contributed by atoms with van der Waals surface area (Å²) in [5, 5.41) is 0. The zero-order valence-corrected chi connectivity index (χ0v) is 31.3. The van der Waals surface area contributed by atoms with E-state index in [1.165, 1.54) is 24.3 Å². The first-order valence-electron chi connectivity index (χ1n) is 18.2. The van der Waals surface area contributed by atoms with Gasteiger partial charge in [-0.1, -0.05) is 50.5 Å². The number of benzene rings is 3. The van der Waals surface area contributed by atoms with Gasteiger partial charge in [0.15, 0.2) is 0 Å². The van der Waals surface area contributed by atoms with E-state index in [9.17, 15) is 62.7 Å². The summed E-state index contributed by atoms with van der Waals surface area (Å²) in [6, 6.07) is 19.4. The molecule has 3 rings (SSSR count). The third-order valence-corrected chi connectivity index (χ3v) is 8.72. The van der Waals surface area contributed by atoms with Gasteiger partial charge in [0.2, 0.25) is 0 Å². The smallest absolute Gasteiger partial charge is 0.460 e. The van der Waals surface area contributed by atoms with Gasteiger partial charge in [-0.05, 0) is 105 Å². The molecule has 0 spiro atoms. The topological polar surface area (TPSA) is 88.1 Å². The number of hydrogen-bond acceptors (Lipinski definition) is 7. The zero-order valence-electron chi connectivity index (χ0n) is 31.3. The van der Waals surface area contributed by atoms with Crippen molar-refractivity contribution in [3.8, 4) is 22.6 Å². The summed E-state index contributed by atoms with van der Waals surface area (Å²) in [5.74, 6) is -33.2. The van der Waals surface area contributed by atoms with E-state index in [0.29, 0.717) is 24.2 Å². The molecular weight excluding hydrogens is 801 g/mol. The van der Waals surface area contributed by atoms with E-state index in [2.05, 4.69) is 11.7 Å². The van der Waals surface area contributed by atoms with E-state index >= 15 is 0 Å². The van der Waals surface area contributed by atoms with Crippen molar-refractivity contribution in [2.24, 2.45) is 0 Å². The highest BCUT2D eigenvalue weighted by Crippen LogP contribution is 2.57. The summed E-state index contributed by atoms with van der Waals surface area (Å²) < 4.78 is 164. The summed E-state index contributed by atoms with van der Waals surface area (Å²) >= 11 is 0. The van der Waals surface area contributed by atoms with Crippen molar-refractivity contribution in [1.82, 2.24) is 0 Å². The number of esters is 3. The normalized spacial score (nSPS) is 13.1. The maximum Gasteiger partial charge on any atom is 0.460 e. The second kappa shape index (κ2) is 20.2. The minimum atomic E-state index is -7.69. The molecule has 0 aliphatic carbocycles. The van der Waals surface area contributed by atoms with Gasteiger partial charge in [-0.25, -0.2) is 14.4 Å². The molecule has 0 unspecified atom stereocenters. The molecule has 58 heavy (non-hydrogen) atoms. The Balaban J connectivity index is 1.38. The summed E-state index contributed by atoms with van der Waals surface area (Å²) in [6.45, 7) is 3.08. The third-order valence-electron chi connectivity index (χ3n) is 8.72. The van der Waals surface area contributed by atoms with Crippen molar-refractivity contribution in [3.63, 3.8) is 0 Å². The molecule has 0 saturated carbocycles. The monoisotopic (exact) mass is 842 g/mol. The lowest BCUT2D eigenvalue weighted by Crippen LogP contribution is -2.68. The number of unbranched alkanes of at least 4 members (excludes halogenated alkanes) is 6. The molecular formula is C40H41F11O7. The van der Waals surface area contributed by atoms with Gasteiger partial charge < -0.3 is 18.9 Å². The molecule has 0 saturated heterocycles. The molecule has 0 amide bonds. The Labute approximate surface area is 326 Å². The summed E-state index contributed by atoms with van der Waals surface area (Å²) in [5.41, 5.74) is 2.15. The van der Waals surface area contributed by atoms with Gasteiger partial charge in [-0.3, -0.25) is 0 Å². The zero-order chi connectivity index (χ0) is 43.4. The lowest BCUT2D eigenvalue weighted by molar-refractivity contribution is -0.418. The van der Waals surface area contributed by atoms with Gasteiger partial charge in [-0.15, -0.1) is 0 Å². The first-order valence-corrected chi connectivity index (χ1v) is 18.2. The molecule has 3 aromatic rings. The first-order chi connectivity index (χ1) is 27.1. The fraction of sp³-hybridized carbons (Fsp3) is 0.475. The number of rotatable bonds is 22. The molecule has 3 aromatic carbocycles. The van der Waals surface area contributed by atoms with Crippen LogP contribution in [-0.4, -0.2) is 67.1 Å². The van der Waals surface area contributed by atoms with Gasteiger partial charge >= 0.3 is 47.8 Å². The van der Waals surface area contributed by atoms with Gasteiger partial charge in [0.25, 0.3) is 0 Å². The van der Waals surface area contributed by atoms with Crippen molar-refractivity contribution in [3.05, 3.63) is 83.9 Å².